The van der Waals surface area contributed by atoms with Gasteiger partial charge in [-0.2, -0.15) is 0 Å². The van der Waals surface area contributed by atoms with Crippen LogP contribution in [0.1, 0.15) is 52.9 Å². The Bertz CT molecular complexity index is 298. The average molecular weight is 256 g/mol. The van der Waals surface area contributed by atoms with Crippen molar-refractivity contribution in [3.8, 4) is 0 Å². The lowest BCUT2D eigenvalue weighted by molar-refractivity contribution is -0.158. The van der Waals surface area contributed by atoms with E-state index in [0.717, 1.165) is 12.8 Å². The van der Waals surface area contributed by atoms with Crippen LogP contribution in [0.3, 0.4) is 0 Å². The molecule has 0 spiro atoms. The first-order valence-corrected chi connectivity index (χ1v) is 6.81. The van der Waals surface area contributed by atoms with Gasteiger partial charge < -0.3 is 9.84 Å². The molecule has 0 saturated heterocycles. The maximum absolute atomic E-state index is 11.6. The standard InChI is InChI=1S/C14H24O4/c1-9(2)11-5-4-10(3)8-12(11)18-14(17)7-6-13(15)16/h9-12H,4-8H2,1-3H3,(H,15,16)/t10-,11?,12-/m1/s1. The number of ether oxygens (including phenoxy) is 1. The van der Waals surface area contributed by atoms with Crippen LogP contribution >= 0.6 is 0 Å². The highest BCUT2D eigenvalue weighted by Crippen LogP contribution is 2.35. The maximum atomic E-state index is 11.6. The third-order valence-electron chi connectivity index (χ3n) is 3.79. The van der Waals surface area contributed by atoms with Crippen molar-refractivity contribution in [3.63, 3.8) is 0 Å². The van der Waals surface area contributed by atoms with E-state index in [1.165, 1.54) is 6.42 Å². The minimum atomic E-state index is -0.954. The van der Waals surface area contributed by atoms with Gasteiger partial charge in [0, 0.05) is 0 Å². The van der Waals surface area contributed by atoms with Crippen LogP contribution in [0.4, 0.5) is 0 Å². The largest absolute Gasteiger partial charge is 0.481 e. The van der Waals surface area contributed by atoms with E-state index in [2.05, 4.69) is 20.8 Å². The number of rotatable bonds is 5. The number of carboxylic acids is 1. The van der Waals surface area contributed by atoms with E-state index in [0.29, 0.717) is 17.8 Å². The first-order valence-electron chi connectivity index (χ1n) is 6.81. The molecule has 1 fully saturated rings. The van der Waals surface area contributed by atoms with Gasteiger partial charge in [-0.25, -0.2) is 0 Å². The summed E-state index contributed by atoms with van der Waals surface area (Å²) in [5.41, 5.74) is 0. The fourth-order valence-electron chi connectivity index (χ4n) is 2.69. The third-order valence-corrected chi connectivity index (χ3v) is 3.79. The summed E-state index contributed by atoms with van der Waals surface area (Å²) in [6.07, 6.45) is 2.98. The number of carboxylic acid groups (broad SMARTS) is 1. The molecule has 0 bridgehead atoms. The van der Waals surface area contributed by atoms with Crippen LogP contribution in [-0.2, 0) is 14.3 Å². The fraction of sp³-hybridized carbons (Fsp3) is 0.857. The SMILES string of the molecule is CC(C)C1CC[C@@H](C)C[C@H]1OC(=O)CCC(=O)O. The van der Waals surface area contributed by atoms with Gasteiger partial charge in [-0.1, -0.05) is 27.2 Å². The molecule has 1 aliphatic carbocycles. The molecule has 4 nitrogen and oxygen atoms in total. The minimum absolute atomic E-state index is 0.0228. The molecule has 4 heteroatoms. The topological polar surface area (TPSA) is 63.6 Å². The van der Waals surface area contributed by atoms with E-state index in [4.69, 9.17) is 9.84 Å². The second-order valence-corrected chi connectivity index (χ2v) is 5.75. The molecule has 0 amide bonds. The molecule has 1 rings (SSSR count). The lowest BCUT2D eigenvalue weighted by atomic mass is 9.75. The van der Waals surface area contributed by atoms with Gasteiger partial charge in [0.1, 0.15) is 6.10 Å². The quantitative estimate of drug-likeness (QED) is 0.768. The van der Waals surface area contributed by atoms with Gasteiger partial charge in [0.25, 0.3) is 0 Å². The maximum Gasteiger partial charge on any atom is 0.306 e. The van der Waals surface area contributed by atoms with Crippen LogP contribution in [-0.4, -0.2) is 23.1 Å². The van der Waals surface area contributed by atoms with E-state index < -0.39 is 5.97 Å². The van der Waals surface area contributed by atoms with Crippen molar-refractivity contribution in [2.24, 2.45) is 17.8 Å². The highest BCUT2D eigenvalue weighted by molar-refractivity contribution is 5.76. The van der Waals surface area contributed by atoms with Crippen LogP contribution in [0.25, 0.3) is 0 Å². The van der Waals surface area contributed by atoms with Gasteiger partial charge in [-0.15, -0.1) is 0 Å². The molecule has 1 unspecified atom stereocenters. The summed E-state index contributed by atoms with van der Waals surface area (Å²) in [4.78, 5) is 22.0. The Balaban J connectivity index is 2.49. The van der Waals surface area contributed by atoms with Crippen LogP contribution < -0.4 is 0 Å². The molecule has 0 heterocycles. The van der Waals surface area contributed by atoms with Crippen molar-refractivity contribution < 1.29 is 19.4 Å². The van der Waals surface area contributed by atoms with Crippen molar-refractivity contribution in [3.05, 3.63) is 0 Å². The van der Waals surface area contributed by atoms with Crippen molar-refractivity contribution in [1.82, 2.24) is 0 Å². The average Bonchev–Trinajstić information content (AvgIpc) is 2.26. The monoisotopic (exact) mass is 256 g/mol. The highest BCUT2D eigenvalue weighted by atomic mass is 16.5. The van der Waals surface area contributed by atoms with E-state index >= 15 is 0 Å². The Morgan fingerprint density at radius 2 is 1.94 bits per heavy atom. The van der Waals surface area contributed by atoms with Gasteiger partial charge in [0.15, 0.2) is 0 Å². The molecule has 3 atom stereocenters. The first-order chi connectivity index (χ1) is 8.40. The van der Waals surface area contributed by atoms with Crippen LogP contribution in [0.2, 0.25) is 0 Å². The Morgan fingerprint density at radius 1 is 1.28 bits per heavy atom. The molecule has 18 heavy (non-hydrogen) atoms. The van der Waals surface area contributed by atoms with Crippen molar-refractivity contribution in [1.29, 1.82) is 0 Å². The number of hydrogen-bond acceptors (Lipinski definition) is 3. The first kappa shape index (κ1) is 15.0. The highest BCUT2D eigenvalue weighted by Gasteiger charge is 2.33. The van der Waals surface area contributed by atoms with Crippen LogP contribution in [0.5, 0.6) is 0 Å². The van der Waals surface area contributed by atoms with E-state index in [-0.39, 0.29) is 24.9 Å². The van der Waals surface area contributed by atoms with E-state index in [9.17, 15) is 9.59 Å². The molecule has 1 N–H and O–H groups in total. The molecule has 104 valence electrons. The smallest absolute Gasteiger partial charge is 0.306 e. The third kappa shape index (κ3) is 4.67. The molecule has 1 saturated carbocycles. The number of esters is 1. The number of carbonyl (C=O) groups excluding carboxylic acids is 1. The summed E-state index contributed by atoms with van der Waals surface area (Å²) in [5, 5.41) is 8.54. The van der Waals surface area contributed by atoms with E-state index in [1.54, 1.807) is 0 Å². The zero-order valence-corrected chi connectivity index (χ0v) is 11.5. The van der Waals surface area contributed by atoms with Crippen molar-refractivity contribution in [2.45, 2.75) is 59.0 Å². The number of aliphatic carboxylic acids is 1. The molecular formula is C14H24O4. The molecule has 0 aromatic carbocycles. The molecule has 0 aliphatic heterocycles. The second kappa shape index (κ2) is 6.76. The Hall–Kier alpha value is -1.06. The molecule has 0 radical (unpaired) electrons. The summed E-state index contributed by atoms with van der Waals surface area (Å²) in [6.45, 7) is 6.48. The van der Waals surface area contributed by atoms with Gasteiger partial charge in [-0.05, 0) is 30.6 Å². The number of carbonyl (C=O) groups is 2. The minimum Gasteiger partial charge on any atom is -0.481 e. The predicted molar refractivity (Wildman–Crippen MR) is 68.1 cm³/mol. The van der Waals surface area contributed by atoms with Gasteiger partial charge in [-0.3, -0.25) is 9.59 Å². The summed E-state index contributed by atoms with van der Waals surface area (Å²) < 4.78 is 5.48. The van der Waals surface area contributed by atoms with Crippen molar-refractivity contribution >= 4 is 11.9 Å². The lowest BCUT2D eigenvalue weighted by Gasteiger charge is -2.36. The van der Waals surface area contributed by atoms with Gasteiger partial charge in [0.2, 0.25) is 0 Å². The van der Waals surface area contributed by atoms with Crippen molar-refractivity contribution in [2.75, 3.05) is 0 Å². The molecule has 1 aliphatic rings. The second-order valence-electron chi connectivity index (χ2n) is 5.75. The number of hydrogen-bond donors (Lipinski definition) is 1. The van der Waals surface area contributed by atoms with Crippen LogP contribution in [0, 0.1) is 17.8 Å². The Morgan fingerprint density at radius 3 is 2.50 bits per heavy atom. The summed E-state index contributed by atoms with van der Waals surface area (Å²) in [5.74, 6) is 0.161. The predicted octanol–water partition coefficient (Wildman–Crippen LogP) is 2.86. The van der Waals surface area contributed by atoms with Gasteiger partial charge >= 0.3 is 11.9 Å². The van der Waals surface area contributed by atoms with E-state index in [1.807, 2.05) is 0 Å². The normalized spacial score (nSPS) is 28.1. The molecule has 0 aromatic rings. The van der Waals surface area contributed by atoms with Gasteiger partial charge in [0.05, 0.1) is 12.8 Å². The van der Waals surface area contributed by atoms with Crippen LogP contribution in [0.15, 0.2) is 0 Å². The Labute approximate surface area is 109 Å². The summed E-state index contributed by atoms with van der Waals surface area (Å²) in [7, 11) is 0. The Kier molecular flexibility index (Phi) is 5.63. The molecule has 0 aromatic heterocycles. The molecular weight excluding hydrogens is 232 g/mol. The zero-order valence-electron chi connectivity index (χ0n) is 11.5. The summed E-state index contributed by atoms with van der Waals surface area (Å²) >= 11 is 0. The lowest BCUT2D eigenvalue weighted by Crippen LogP contribution is -2.35. The zero-order chi connectivity index (χ0) is 13.7. The fourth-order valence-corrected chi connectivity index (χ4v) is 2.69. The summed E-state index contributed by atoms with van der Waals surface area (Å²) in [6, 6.07) is 0.